The molecule has 1 aromatic heterocycles. The third kappa shape index (κ3) is 2.96. The number of hydrogen-bond acceptors (Lipinski definition) is 6. The summed E-state index contributed by atoms with van der Waals surface area (Å²) in [5.74, 6) is 0.0611. The van der Waals surface area contributed by atoms with Crippen LogP contribution in [-0.4, -0.2) is 47.8 Å². The summed E-state index contributed by atoms with van der Waals surface area (Å²) in [7, 11) is 1.72. The van der Waals surface area contributed by atoms with Crippen molar-refractivity contribution >= 4 is 34.7 Å². The zero-order valence-corrected chi connectivity index (χ0v) is 16.9. The van der Waals surface area contributed by atoms with E-state index in [1.807, 2.05) is 23.6 Å². The predicted octanol–water partition coefficient (Wildman–Crippen LogP) is 3.00. The Morgan fingerprint density at radius 1 is 1.07 bits per heavy atom. The minimum Gasteiger partial charge on any atom is -0.482 e. The molecular formula is C22H17N3O4S. The first kappa shape index (κ1) is 18.5. The van der Waals surface area contributed by atoms with Crippen LogP contribution in [0.5, 0.6) is 5.75 Å². The van der Waals surface area contributed by atoms with E-state index < -0.39 is 0 Å². The minimum atomic E-state index is -0.255. The van der Waals surface area contributed by atoms with Gasteiger partial charge in [0.25, 0.3) is 17.7 Å². The van der Waals surface area contributed by atoms with Crippen LogP contribution in [0, 0.1) is 0 Å². The fourth-order valence-corrected chi connectivity index (χ4v) is 4.44. The summed E-state index contributed by atoms with van der Waals surface area (Å²) < 4.78 is 5.47. The van der Waals surface area contributed by atoms with Gasteiger partial charge >= 0.3 is 0 Å². The maximum Gasteiger partial charge on any atom is 0.264 e. The molecule has 30 heavy (non-hydrogen) atoms. The highest BCUT2D eigenvalue weighted by atomic mass is 32.1. The van der Waals surface area contributed by atoms with E-state index in [1.54, 1.807) is 36.2 Å². The van der Waals surface area contributed by atoms with Gasteiger partial charge in [-0.25, -0.2) is 4.98 Å². The molecule has 2 aromatic carbocycles. The van der Waals surface area contributed by atoms with Crippen molar-refractivity contribution in [3.63, 3.8) is 0 Å². The van der Waals surface area contributed by atoms with Gasteiger partial charge in [0.15, 0.2) is 6.61 Å². The van der Waals surface area contributed by atoms with Crippen LogP contribution >= 0.6 is 11.3 Å². The second kappa shape index (κ2) is 7.07. The maximum atomic E-state index is 12.5. The largest absolute Gasteiger partial charge is 0.482 e. The number of amides is 3. The molecule has 0 bridgehead atoms. The molecule has 0 saturated heterocycles. The summed E-state index contributed by atoms with van der Waals surface area (Å²) in [5, 5.41) is 2.77. The molecule has 5 rings (SSSR count). The summed E-state index contributed by atoms with van der Waals surface area (Å²) in [6.07, 6.45) is 0.489. The fourth-order valence-electron chi connectivity index (χ4n) is 3.64. The second-order valence-corrected chi connectivity index (χ2v) is 8.05. The van der Waals surface area contributed by atoms with Crippen molar-refractivity contribution in [1.82, 2.24) is 9.88 Å². The zero-order chi connectivity index (χ0) is 20.8. The Morgan fingerprint density at radius 3 is 2.53 bits per heavy atom. The predicted molar refractivity (Wildman–Crippen MR) is 112 cm³/mol. The van der Waals surface area contributed by atoms with Crippen LogP contribution in [0.15, 0.2) is 47.8 Å². The van der Waals surface area contributed by atoms with E-state index in [0.717, 1.165) is 16.3 Å². The number of nitrogens with zero attached hydrogens (tertiary/aromatic N) is 3. The Labute approximate surface area is 176 Å². The molecule has 0 atom stereocenters. The van der Waals surface area contributed by atoms with E-state index >= 15 is 0 Å². The number of likely N-dealkylation sites (N-methyl/N-ethyl adjacent to an activating group) is 1. The first-order valence-corrected chi connectivity index (χ1v) is 10.3. The lowest BCUT2D eigenvalue weighted by Gasteiger charge is -2.26. The number of benzene rings is 2. The topological polar surface area (TPSA) is 79.8 Å². The van der Waals surface area contributed by atoms with E-state index in [-0.39, 0.29) is 30.9 Å². The highest BCUT2D eigenvalue weighted by molar-refractivity contribution is 7.09. The van der Waals surface area contributed by atoms with Crippen molar-refractivity contribution in [2.45, 2.75) is 6.42 Å². The molecule has 3 heterocycles. The standard InChI is InChI=1S/C22H17N3O4S/c1-24-17-10-13(6-7-18(17)29-11-20(24)26)16-12-30-19(23-16)8-9-25-21(27)14-4-2-3-5-15(14)22(25)28/h2-7,10,12H,8-9,11H2,1H3. The van der Waals surface area contributed by atoms with Gasteiger partial charge in [0.05, 0.1) is 27.5 Å². The van der Waals surface area contributed by atoms with Crippen LogP contribution < -0.4 is 9.64 Å². The van der Waals surface area contributed by atoms with E-state index in [1.165, 1.54) is 16.2 Å². The van der Waals surface area contributed by atoms with Crippen molar-refractivity contribution in [2.24, 2.45) is 0 Å². The van der Waals surface area contributed by atoms with Gasteiger partial charge in [-0.15, -0.1) is 11.3 Å². The Morgan fingerprint density at radius 2 is 1.80 bits per heavy atom. The van der Waals surface area contributed by atoms with Crippen molar-refractivity contribution in [3.8, 4) is 17.0 Å². The first-order valence-electron chi connectivity index (χ1n) is 9.46. The lowest BCUT2D eigenvalue weighted by Crippen LogP contribution is -2.35. The number of fused-ring (bicyclic) bond motifs is 2. The van der Waals surface area contributed by atoms with Gasteiger partial charge in [0.1, 0.15) is 5.75 Å². The van der Waals surface area contributed by atoms with Gasteiger partial charge in [-0.05, 0) is 30.3 Å². The zero-order valence-electron chi connectivity index (χ0n) is 16.1. The lowest BCUT2D eigenvalue weighted by molar-refractivity contribution is -0.120. The number of rotatable bonds is 4. The third-order valence-electron chi connectivity index (χ3n) is 5.32. The van der Waals surface area contributed by atoms with Gasteiger partial charge < -0.3 is 9.64 Å². The highest BCUT2D eigenvalue weighted by Crippen LogP contribution is 2.35. The average Bonchev–Trinajstić information content (AvgIpc) is 3.33. The summed E-state index contributed by atoms with van der Waals surface area (Å²) in [5.41, 5.74) is 3.28. The van der Waals surface area contributed by atoms with E-state index in [2.05, 4.69) is 4.98 Å². The molecule has 0 aliphatic carbocycles. The number of thiazole rings is 1. The molecule has 0 fully saturated rings. The van der Waals surface area contributed by atoms with Crippen LogP contribution in [0.25, 0.3) is 11.3 Å². The number of carbonyl (C=O) groups excluding carboxylic acids is 3. The van der Waals surface area contributed by atoms with Crippen molar-refractivity contribution in [3.05, 3.63) is 64.0 Å². The number of hydrogen-bond donors (Lipinski definition) is 0. The molecule has 0 spiro atoms. The molecule has 0 saturated carbocycles. The molecule has 0 radical (unpaired) electrons. The summed E-state index contributed by atoms with van der Waals surface area (Å²) in [6.45, 7) is 0.329. The fraction of sp³-hybridized carbons (Fsp3) is 0.182. The minimum absolute atomic E-state index is 0.0432. The van der Waals surface area contributed by atoms with Gasteiger partial charge in [0.2, 0.25) is 0 Å². The lowest BCUT2D eigenvalue weighted by atomic mass is 10.1. The molecule has 2 aliphatic heterocycles. The van der Waals surface area contributed by atoms with Crippen LogP contribution in [0.3, 0.4) is 0 Å². The molecule has 150 valence electrons. The van der Waals surface area contributed by atoms with Gasteiger partial charge in [-0.1, -0.05) is 12.1 Å². The summed E-state index contributed by atoms with van der Waals surface area (Å²) in [6, 6.07) is 12.5. The molecule has 0 unspecified atom stereocenters. The molecular weight excluding hydrogens is 402 g/mol. The van der Waals surface area contributed by atoms with Gasteiger partial charge in [0, 0.05) is 31.0 Å². The number of anilines is 1. The van der Waals surface area contributed by atoms with Crippen LogP contribution in [0.2, 0.25) is 0 Å². The van der Waals surface area contributed by atoms with E-state index in [4.69, 9.17) is 4.74 Å². The number of ether oxygens (including phenoxy) is 1. The van der Waals surface area contributed by atoms with Gasteiger partial charge in [-0.3, -0.25) is 19.3 Å². The Kier molecular flexibility index (Phi) is 4.36. The molecule has 3 aromatic rings. The average molecular weight is 419 g/mol. The smallest absolute Gasteiger partial charge is 0.264 e. The third-order valence-corrected chi connectivity index (χ3v) is 6.23. The van der Waals surface area contributed by atoms with Crippen LogP contribution in [-0.2, 0) is 11.2 Å². The first-order chi connectivity index (χ1) is 14.5. The number of aromatic nitrogens is 1. The van der Waals surface area contributed by atoms with Crippen molar-refractivity contribution in [2.75, 3.05) is 25.1 Å². The van der Waals surface area contributed by atoms with Gasteiger partial charge in [-0.2, -0.15) is 0 Å². The quantitative estimate of drug-likeness (QED) is 0.608. The number of imide groups is 1. The SMILES string of the molecule is CN1C(=O)COc2ccc(-c3csc(CCN4C(=O)c5ccccc5C4=O)n3)cc21. The summed E-state index contributed by atoms with van der Waals surface area (Å²) >= 11 is 1.48. The maximum absolute atomic E-state index is 12.5. The number of carbonyl (C=O) groups is 3. The highest BCUT2D eigenvalue weighted by Gasteiger charge is 2.34. The van der Waals surface area contributed by atoms with Crippen molar-refractivity contribution in [1.29, 1.82) is 0 Å². The molecule has 0 N–H and O–H groups in total. The Bertz CT molecular complexity index is 1170. The van der Waals surface area contributed by atoms with E-state index in [9.17, 15) is 14.4 Å². The van der Waals surface area contributed by atoms with Crippen LogP contribution in [0.4, 0.5) is 5.69 Å². The van der Waals surface area contributed by atoms with Crippen LogP contribution in [0.1, 0.15) is 25.7 Å². The second-order valence-electron chi connectivity index (χ2n) is 7.11. The van der Waals surface area contributed by atoms with E-state index in [0.29, 0.717) is 29.0 Å². The monoisotopic (exact) mass is 419 g/mol. The Hall–Kier alpha value is -3.52. The Balaban J connectivity index is 1.32. The van der Waals surface area contributed by atoms with Crippen molar-refractivity contribution < 1.29 is 19.1 Å². The normalized spacial score (nSPS) is 15.3. The molecule has 2 aliphatic rings. The molecule has 7 nitrogen and oxygen atoms in total. The molecule has 3 amide bonds. The molecule has 8 heteroatoms. The summed E-state index contributed by atoms with van der Waals surface area (Å²) in [4.78, 5) is 44.4.